The topological polar surface area (TPSA) is 109 Å². The Bertz CT molecular complexity index is 680. The molecule has 9 heteroatoms. The molecular weight excluding hydrogens is 398 g/mol. The highest BCUT2D eigenvalue weighted by molar-refractivity contribution is 9.10. The van der Waals surface area contributed by atoms with Crippen LogP contribution in [0.5, 0.6) is 0 Å². The summed E-state index contributed by atoms with van der Waals surface area (Å²) in [5.74, 6) is 0. The lowest BCUT2D eigenvalue weighted by atomic mass is 10.1. The Morgan fingerprint density at radius 2 is 1.96 bits per heavy atom. The van der Waals surface area contributed by atoms with Gasteiger partial charge in [0.15, 0.2) is 0 Å². The molecule has 1 aromatic carbocycles. The standard InChI is InChI=1S/C15H18BrN3O4S/c1-19(17-6-12(21)14(23)13(22)7-20)15-18-11(8-24-15)9-2-4-10(16)5-3-9/h2-6,8,12-14,20-23H,7H2,1H3/b17-6-/t12-,13-,14+/m0/s1. The van der Waals surface area contributed by atoms with Gasteiger partial charge in [0.2, 0.25) is 5.13 Å². The molecule has 0 saturated heterocycles. The average Bonchev–Trinajstić information content (AvgIpc) is 3.08. The van der Waals surface area contributed by atoms with E-state index >= 15 is 0 Å². The van der Waals surface area contributed by atoms with E-state index < -0.39 is 24.9 Å². The van der Waals surface area contributed by atoms with Crippen LogP contribution in [-0.4, -0.2) is 63.6 Å². The maximum atomic E-state index is 9.71. The number of benzene rings is 1. The Labute approximate surface area is 151 Å². The highest BCUT2D eigenvalue weighted by Crippen LogP contribution is 2.27. The van der Waals surface area contributed by atoms with Crippen molar-refractivity contribution in [1.82, 2.24) is 4.98 Å². The van der Waals surface area contributed by atoms with Crippen LogP contribution >= 0.6 is 27.3 Å². The van der Waals surface area contributed by atoms with Crippen molar-refractivity contribution in [3.05, 3.63) is 34.1 Å². The molecule has 0 amide bonds. The molecule has 24 heavy (non-hydrogen) atoms. The van der Waals surface area contributed by atoms with Gasteiger partial charge in [-0.1, -0.05) is 28.1 Å². The van der Waals surface area contributed by atoms with Crippen molar-refractivity contribution < 1.29 is 20.4 Å². The van der Waals surface area contributed by atoms with Crippen molar-refractivity contribution >= 4 is 38.6 Å². The van der Waals surface area contributed by atoms with E-state index in [2.05, 4.69) is 26.0 Å². The van der Waals surface area contributed by atoms with Crippen molar-refractivity contribution in [2.45, 2.75) is 18.3 Å². The number of hydrogen-bond donors (Lipinski definition) is 4. The molecule has 0 fully saturated rings. The molecule has 130 valence electrons. The Kier molecular flexibility index (Phi) is 6.84. The summed E-state index contributed by atoms with van der Waals surface area (Å²) in [6.45, 7) is -0.648. The van der Waals surface area contributed by atoms with Gasteiger partial charge < -0.3 is 20.4 Å². The minimum atomic E-state index is -1.51. The molecule has 7 nitrogen and oxygen atoms in total. The molecular formula is C15H18BrN3O4S. The first-order valence-electron chi connectivity index (χ1n) is 7.06. The minimum Gasteiger partial charge on any atom is -0.394 e. The molecule has 0 aliphatic rings. The average molecular weight is 416 g/mol. The largest absolute Gasteiger partial charge is 0.394 e. The fourth-order valence-corrected chi connectivity index (χ4v) is 2.83. The molecule has 3 atom stereocenters. The smallest absolute Gasteiger partial charge is 0.206 e. The summed E-state index contributed by atoms with van der Waals surface area (Å²) in [4.78, 5) is 4.47. The highest BCUT2D eigenvalue weighted by atomic mass is 79.9. The van der Waals surface area contributed by atoms with Crippen molar-refractivity contribution in [3.8, 4) is 11.3 Å². The van der Waals surface area contributed by atoms with E-state index in [1.807, 2.05) is 29.6 Å². The summed E-state index contributed by atoms with van der Waals surface area (Å²) in [6, 6.07) is 7.76. The van der Waals surface area contributed by atoms with Crippen LogP contribution in [0.3, 0.4) is 0 Å². The quantitative estimate of drug-likeness (QED) is 0.397. The Morgan fingerprint density at radius 1 is 1.29 bits per heavy atom. The third kappa shape index (κ3) is 4.82. The van der Waals surface area contributed by atoms with Crippen LogP contribution in [0.1, 0.15) is 0 Å². The first-order chi connectivity index (χ1) is 11.4. The number of anilines is 1. The van der Waals surface area contributed by atoms with E-state index in [4.69, 9.17) is 5.11 Å². The van der Waals surface area contributed by atoms with Crippen LogP contribution < -0.4 is 5.01 Å². The summed E-state index contributed by atoms with van der Waals surface area (Å²) < 4.78 is 0.987. The van der Waals surface area contributed by atoms with Gasteiger partial charge in [0, 0.05) is 22.5 Å². The number of aliphatic hydroxyl groups excluding tert-OH is 4. The number of halogens is 1. The first kappa shape index (κ1) is 19.0. The Hall–Kier alpha value is -1.36. The fraction of sp³-hybridized carbons (Fsp3) is 0.333. The number of aliphatic hydroxyl groups is 4. The van der Waals surface area contributed by atoms with Crippen molar-refractivity contribution in [1.29, 1.82) is 0 Å². The minimum absolute atomic E-state index is 0.605. The SMILES string of the molecule is CN(/N=C\[C@H](O)[C@@H](O)[C@@H](O)CO)c1nc(-c2ccc(Br)cc2)cs1. The lowest BCUT2D eigenvalue weighted by Crippen LogP contribution is -2.40. The van der Waals surface area contributed by atoms with Gasteiger partial charge in [0.1, 0.15) is 18.3 Å². The molecule has 0 spiro atoms. The first-order valence-corrected chi connectivity index (χ1v) is 8.74. The van der Waals surface area contributed by atoms with E-state index in [0.29, 0.717) is 5.13 Å². The van der Waals surface area contributed by atoms with E-state index in [1.165, 1.54) is 16.3 Å². The third-order valence-electron chi connectivity index (χ3n) is 3.23. The van der Waals surface area contributed by atoms with Gasteiger partial charge >= 0.3 is 0 Å². The monoisotopic (exact) mass is 415 g/mol. The molecule has 4 N–H and O–H groups in total. The van der Waals surface area contributed by atoms with Crippen LogP contribution in [0, 0.1) is 0 Å². The lowest BCUT2D eigenvalue weighted by molar-refractivity contribution is -0.0541. The van der Waals surface area contributed by atoms with Crippen LogP contribution in [0.2, 0.25) is 0 Å². The second-order valence-electron chi connectivity index (χ2n) is 5.04. The maximum Gasteiger partial charge on any atom is 0.206 e. The molecule has 0 radical (unpaired) electrons. The second-order valence-corrected chi connectivity index (χ2v) is 6.79. The summed E-state index contributed by atoms with van der Waals surface area (Å²) in [5.41, 5.74) is 1.78. The van der Waals surface area contributed by atoms with Gasteiger partial charge in [-0.25, -0.2) is 9.99 Å². The van der Waals surface area contributed by atoms with Gasteiger partial charge in [-0.2, -0.15) is 5.10 Å². The van der Waals surface area contributed by atoms with Gasteiger partial charge in [-0.15, -0.1) is 11.3 Å². The lowest BCUT2D eigenvalue weighted by Gasteiger charge is -2.18. The van der Waals surface area contributed by atoms with Crippen LogP contribution in [0.25, 0.3) is 11.3 Å². The molecule has 1 aromatic heterocycles. The molecule has 0 saturated carbocycles. The fourth-order valence-electron chi connectivity index (χ4n) is 1.81. The van der Waals surface area contributed by atoms with Gasteiger partial charge in [0.05, 0.1) is 18.5 Å². The number of hydrogen-bond acceptors (Lipinski definition) is 8. The molecule has 0 bridgehead atoms. The number of rotatable bonds is 7. The van der Waals surface area contributed by atoms with Crippen LogP contribution in [0.15, 0.2) is 39.2 Å². The third-order valence-corrected chi connectivity index (χ3v) is 4.67. The molecule has 0 aliphatic heterocycles. The molecule has 0 aliphatic carbocycles. The Morgan fingerprint density at radius 3 is 2.58 bits per heavy atom. The van der Waals surface area contributed by atoms with Crippen molar-refractivity contribution in [2.24, 2.45) is 5.10 Å². The molecule has 0 unspecified atom stereocenters. The number of nitrogens with zero attached hydrogens (tertiary/aromatic N) is 3. The zero-order chi connectivity index (χ0) is 17.7. The van der Waals surface area contributed by atoms with Crippen LogP contribution in [0.4, 0.5) is 5.13 Å². The predicted molar refractivity (Wildman–Crippen MR) is 97.3 cm³/mol. The maximum absolute atomic E-state index is 9.71. The van der Waals surface area contributed by atoms with Gasteiger partial charge in [-0.3, -0.25) is 0 Å². The number of thiazole rings is 1. The predicted octanol–water partition coefficient (Wildman–Crippen LogP) is 1.07. The van der Waals surface area contributed by atoms with E-state index in [0.717, 1.165) is 21.9 Å². The summed E-state index contributed by atoms with van der Waals surface area (Å²) >= 11 is 4.77. The summed E-state index contributed by atoms with van der Waals surface area (Å²) in [7, 11) is 1.66. The number of hydrazone groups is 1. The van der Waals surface area contributed by atoms with E-state index in [1.54, 1.807) is 7.05 Å². The molecule has 2 rings (SSSR count). The number of aromatic nitrogens is 1. The Balaban J connectivity index is 2.04. The second kappa shape index (κ2) is 8.65. The van der Waals surface area contributed by atoms with E-state index in [9.17, 15) is 15.3 Å². The summed E-state index contributed by atoms with van der Waals surface area (Å²) in [6.07, 6.45) is -3.26. The normalized spacial score (nSPS) is 15.4. The molecule has 2 aromatic rings. The zero-order valence-corrected chi connectivity index (χ0v) is 15.2. The summed E-state index contributed by atoms with van der Waals surface area (Å²) in [5, 5.41) is 45.2. The zero-order valence-electron chi connectivity index (χ0n) is 12.8. The van der Waals surface area contributed by atoms with Gasteiger partial charge in [0.25, 0.3) is 0 Å². The van der Waals surface area contributed by atoms with E-state index in [-0.39, 0.29) is 0 Å². The highest BCUT2D eigenvalue weighted by Gasteiger charge is 2.22. The van der Waals surface area contributed by atoms with Crippen LogP contribution in [-0.2, 0) is 0 Å². The van der Waals surface area contributed by atoms with Gasteiger partial charge in [-0.05, 0) is 12.1 Å². The van der Waals surface area contributed by atoms with Crippen molar-refractivity contribution in [2.75, 3.05) is 18.7 Å². The van der Waals surface area contributed by atoms with Crippen molar-refractivity contribution in [3.63, 3.8) is 0 Å². The molecule has 1 heterocycles.